The standard InChI is InChI=1S/C17H15N3O3/c1-10-5-13-6-12(3-4-15(13)18-7-10)8-20-9-14(17(22)23)16(19-20)11(2)21/h3-7,9H,8H2,1-2H3,(H,22,23). The first kappa shape index (κ1) is 14.9. The molecule has 0 aliphatic carbocycles. The molecule has 2 heterocycles. The highest BCUT2D eigenvalue weighted by molar-refractivity contribution is 6.03. The molecule has 3 rings (SSSR count). The third kappa shape index (κ3) is 2.96. The maximum Gasteiger partial charge on any atom is 0.339 e. The average Bonchev–Trinajstić information content (AvgIpc) is 2.91. The van der Waals surface area contributed by atoms with Crippen LogP contribution in [0.25, 0.3) is 10.9 Å². The number of aromatic nitrogens is 3. The van der Waals surface area contributed by atoms with Crippen LogP contribution in [0.1, 0.15) is 38.9 Å². The maximum absolute atomic E-state index is 11.5. The van der Waals surface area contributed by atoms with Crippen LogP contribution in [-0.2, 0) is 6.54 Å². The van der Waals surface area contributed by atoms with Crippen molar-refractivity contribution in [1.82, 2.24) is 14.8 Å². The molecule has 0 saturated heterocycles. The largest absolute Gasteiger partial charge is 0.478 e. The van der Waals surface area contributed by atoms with Crippen molar-refractivity contribution in [3.63, 3.8) is 0 Å². The summed E-state index contributed by atoms with van der Waals surface area (Å²) in [6.07, 6.45) is 3.20. The van der Waals surface area contributed by atoms with Crippen molar-refractivity contribution in [2.24, 2.45) is 0 Å². The number of hydrogen-bond donors (Lipinski definition) is 1. The molecule has 0 bridgehead atoms. The van der Waals surface area contributed by atoms with E-state index in [1.807, 2.05) is 37.4 Å². The average molecular weight is 309 g/mol. The molecule has 0 unspecified atom stereocenters. The van der Waals surface area contributed by atoms with E-state index in [0.29, 0.717) is 6.54 Å². The molecule has 0 radical (unpaired) electrons. The summed E-state index contributed by atoms with van der Waals surface area (Å²) < 4.78 is 1.48. The lowest BCUT2D eigenvalue weighted by Gasteiger charge is -2.04. The summed E-state index contributed by atoms with van der Waals surface area (Å²) in [6, 6.07) is 7.86. The minimum atomic E-state index is -1.15. The first-order chi connectivity index (χ1) is 10.9. The fraction of sp³-hybridized carbons (Fsp3) is 0.176. The molecule has 23 heavy (non-hydrogen) atoms. The smallest absolute Gasteiger partial charge is 0.339 e. The minimum Gasteiger partial charge on any atom is -0.478 e. The molecule has 1 aromatic carbocycles. The van der Waals surface area contributed by atoms with E-state index in [-0.39, 0.29) is 17.0 Å². The van der Waals surface area contributed by atoms with Crippen molar-refractivity contribution in [3.8, 4) is 0 Å². The van der Waals surface area contributed by atoms with E-state index in [2.05, 4.69) is 10.1 Å². The van der Waals surface area contributed by atoms with Crippen LogP contribution in [0.3, 0.4) is 0 Å². The summed E-state index contributed by atoms with van der Waals surface area (Å²) in [5, 5.41) is 14.3. The number of benzene rings is 1. The first-order valence-electron chi connectivity index (χ1n) is 7.11. The van der Waals surface area contributed by atoms with Gasteiger partial charge in [0.25, 0.3) is 0 Å². The van der Waals surface area contributed by atoms with Crippen LogP contribution in [0.15, 0.2) is 36.7 Å². The quantitative estimate of drug-likeness (QED) is 0.749. The van der Waals surface area contributed by atoms with Gasteiger partial charge in [-0.3, -0.25) is 14.5 Å². The second-order valence-electron chi connectivity index (χ2n) is 5.49. The number of carbonyl (C=O) groups is 2. The third-order valence-corrected chi connectivity index (χ3v) is 3.55. The Labute approximate surface area is 132 Å². The van der Waals surface area contributed by atoms with Crippen LogP contribution in [0, 0.1) is 6.92 Å². The number of fused-ring (bicyclic) bond motifs is 1. The van der Waals surface area contributed by atoms with Crippen molar-refractivity contribution < 1.29 is 14.7 Å². The summed E-state index contributed by atoms with van der Waals surface area (Å²) in [7, 11) is 0. The molecular formula is C17H15N3O3. The monoisotopic (exact) mass is 309 g/mol. The molecule has 0 spiro atoms. The molecule has 0 saturated carbocycles. The fourth-order valence-electron chi connectivity index (χ4n) is 2.50. The number of Topliss-reactive ketones (excluding diaryl/α,β-unsaturated/α-hetero) is 1. The van der Waals surface area contributed by atoms with Gasteiger partial charge in [-0.1, -0.05) is 6.07 Å². The van der Waals surface area contributed by atoms with Crippen LogP contribution in [0.2, 0.25) is 0 Å². The van der Waals surface area contributed by atoms with Crippen LogP contribution in [-0.4, -0.2) is 31.6 Å². The van der Waals surface area contributed by atoms with E-state index in [4.69, 9.17) is 5.11 Å². The number of rotatable bonds is 4. The highest BCUT2D eigenvalue weighted by Gasteiger charge is 2.18. The second kappa shape index (κ2) is 5.64. The number of hydrogen-bond acceptors (Lipinski definition) is 4. The van der Waals surface area contributed by atoms with Gasteiger partial charge in [0.1, 0.15) is 11.3 Å². The number of nitrogens with zero attached hydrogens (tertiary/aromatic N) is 3. The second-order valence-corrected chi connectivity index (χ2v) is 5.49. The highest BCUT2D eigenvalue weighted by atomic mass is 16.4. The summed E-state index contributed by atoms with van der Waals surface area (Å²) >= 11 is 0. The molecule has 0 aliphatic heterocycles. The Morgan fingerprint density at radius 3 is 2.70 bits per heavy atom. The van der Waals surface area contributed by atoms with Gasteiger partial charge >= 0.3 is 5.97 Å². The Morgan fingerprint density at radius 2 is 2.04 bits per heavy atom. The van der Waals surface area contributed by atoms with Gasteiger partial charge in [-0.05, 0) is 36.2 Å². The van der Waals surface area contributed by atoms with Crippen LogP contribution >= 0.6 is 0 Å². The number of carboxylic acid groups (broad SMARTS) is 1. The Morgan fingerprint density at radius 1 is 1.26 bits per heavy atom. The topological polar surface area (TPSA) is 85.1 Å². The molecule has 116 valence electrons. The van der Waals surface area contributed by atoms with Gasteiger partial charge in [0.2, 0.25) is 0 Å². The molecule has 0 atom stereocenters. The molecule has 6 heteroatoms. The summed E-state index contributed by atoms with van der Waals surface area (Å²) in [4.78, 5) is 27.0. The van der Waals surface area contributed by atoms with E-state index >= 15 is 0 Å². The Kier molecular flexibility index (Phi) is 3.65. The van der Waals surface area contributed by atoms with Gasteiger partial charge in [0, 0.05) is 24.7 Å². The van der Waals surface area contributed by atoms with Crippen molar-refractivity contribution in [2.75, 3.05) is 0 Å². The van der Waals surface area contributed by atoms with E-state index in [0.717, 1.165) is 22.0 Å². The predicted octanol–water partition coefficient (Wildman–Crippen LogP) is 2.69. The number of pyridine rings is 1. The SMILES string of the molecule is CC(=O)c1nn(Cc2ccc3ncc(C)cc3c2)cc1C(=O)O. The van der Waals surface area contributed by atoms with Crippen molar-refractivity contribution in [3.05, 3.63) is 59.0 Å². The normalized spacial score (nSPS) is 10.9. The number of carboxylic acids is 1. The molecule has 2 aromatic heterocycles. The number of aryl methyl sites for hydroxylation is 1. The Balaban J connectivity index is 1.97. The molecule has 3 aromatic rings. The zero-order valence-corrected chi connectivity index (χ0v) is 12.8. The zero-order chi connectivity index (χ0) is 16.6. The predicted molar refractivity (Wildman–Crippen MR) is 84.8 cm³/mol. The van der Waals surface area contributed by atoms with Crippen molar-refractivity contribution in [1.29, 1.82) is 0 Å². The number of ketones is 1. The summed E-state index contributed by atoms with van der Waals surface area (Å²) in [5.41, 5.74) is 2.84. The van der Waals surface area contributed by atoms with E-state index in [9.17, 15) is 9.59 Å². The molecule has 0 amide bonds. The van der Waals surface area contributed by atoms with Gasteiger partial charge in [-0.25, -0.2) is 4.79 Å². The fourth-order valence-corrected chi connectivity index (χ4v) is 2.50. The summed E-state index contributed by atoms with van der Waals surface area (Å²) in [6.45, 7) is 3.67. The van der Waals surface area contributed by atoms with Crippen LogP contribution < -0.4 is 0 Å². The maximum atomic E-state index is 11.5. The number of aromatic carboxylic acids is 1. The summed E-state index contributed by atoms with van der Waals surface area (Å²) in [5.74, 6) is -1.51. The first-order valence-corrected chi connectivity index (χ1v) is 7.11. The van der Waals surface area contributed by atoms with Gasteiger partial charge < -0.3 is 5.11 Å². The van der Waals surface area contributed by atoms with Crippen LogP contribution in [0.5, 0.6) is 0 Å². The molecule has 6 nitrogen and oxygen atoms in total. The number of carbonyl (C=O) groups excluding carboxylic acids is 1. The molecule has 1 N–H and O–H groups in total. The van der Waals surface area contributed by atoms with Crippen LogP contribution in [0.4, 0.5) is 0 Å². The Hall–Kier alpha value is -3.02. The van der Waals surface area contributed by atoms with Gasteiger partial charge in [-0.15, -0.1) is 0 Å². The lowest BCUT2D eigenvalue weighted by Crippen LogP contribution is -2.04. The molecule has 0 fully saturated rings. The molecule has 0 aliphatic rings. The van der Waals surface area contributed by atoms with Crippen molar-refractivity contribution >= 4 is 22.7 Å². The van der Waals surface area contributed by atoms with Gasteiger partial charge in [0.15, 0.2) is 5.78 Å². The lowest BCUT2D eigenvalue weighted by atomic mass is 10.1. The van der Waals surface area contributed by atoms with Crippen molar-refractivity contribution in [2.45, 2.75) is 20.4 Å². The van der Waals surface area contributed by atoms with E-state index < -0.39 is 5.97 Å². The zero-order valence-electron chi connectivity index (χ0n) is 12.8. The lowest BCUT2D eigenvalue weighted by molar-refractivity contribution is 0.0692. The van der Waals surface area contributed by atoms with E-state index in [1.54, 1.807) is 0 Å². The third-order valence-electron chi connectivity index (χ3n) is 3.55. The minimum absolute atomic E-state index is 0.0178. The van der Waals surface area contributed by atoms with Gasteiger partial charge in [0.05, 0.1) is 12.1 Å². The van der Waals surface area contributed by atoms with Gasteiger partial charge in [-0.2, -0.15) is 5.10 Å². The Bertz CT molecular complexity index is 896. The van der Waals surface area contributed by atoms with E-state index in [1.165, 1.54) is 17.8 Å². The highest BCUT2D eigenvalue weighted by Crippen LogP contribution is 2.17. The molecular weight excluding hydrogens is 294 g/mol.